The Morgan fingerprint density at radius 2 is 0.336 bits per heavy atom. The van der Waals surface area contributed by atoms with E-state index in [-0.39, 0.29) is 5.54 Å². The predicted molar refractivity (Wildman–Crippen MR) is 542 cm³/mol. The van der Waals surface area contributed by atoms with Gasteiger partial charge in [0.15, 0.2) is 0 Å². The standard InChI is InChI=1S/C23H23N.2C19H14Cl2O.3C19H15ClO/c1-4-12-20(13-5-1)23(24-18-10-11-19-24,21-14-6-2-7-15-21)22-16-8-3-9-17-22;20-17-10-4-8-15(12-17)19(22,14-6-2-1-3-7-14)16-9-5-11-18(21)13-16;20-17-10-6-15(7-11-17)19(22,14-4-2-1-3-5-14)16-8-12-18(21)13-9-16;20-18-14-8-7-13-17(18)19(21,15-9-3-1-4-10-15)16-11-5-2-6-12-16;20-18-13-7-12-17(14-18)19(21,15-8-3-1-4-9-15)16-10-5-2-6-11-16;20-18-13-11-17(12-14-18)19(21,15-7-3-1-4-8-15)16-9-5-2-6-10-16/h1-9,12-17H,10-11,18-19H2;2*1-13,22H;3*1-14,21H. The van der Waals surface area contributed by atoms with Crippen LogP contribution in [0.25, 0.3) is 0 Å². The molecule has 0 aromatic heterocycles. The molecule has 1 heterocycles. The van der Waals surface area contributed by atoms with Crippen molar-refractivity contribution in [2.45, 2.75) is 46.4 Å². The van der Waals surface area contributed by atoms with Crippen LogP contribution >= 0.6 is 81.2 Å². The Hall–Kier alpha value is -12.3. The van der Waals surface area contributed by atoms with Crippen LogP contribution in [0.1, 0.15) is 113 Å². The lowest BCUT2D eigenvalue weighted by atomic mass is 9.75. The number of benzene rings is 18. The van der Waals surface area contributed by atoms with Crippen LogP contribution in [-0.4, -0.2) is 43.5 Å². The Bertz CT molecular complexity index is 6220. The summed E-state index contributed by atoms with van der Waals surface area (Å²) >= 11 is 42.6. The van der Waals surface area contributed by atoms with Crippen LogP contribution in [0.3, 0.4) is 0 Å². The van der Waals surface area contributed by atoms with Gasteiger partial charge in [-0.15, -0.1) is 0 Å². The maximum absolute atomic E-state index is 11.6. The number of nitrogens with zero attached hydrogens (tertiary/aromatic N) is 1. The Morgan fingerprint density at radius 1 is 0.160 bits per heavy atom. The smallest absolute Gasteiger partial charge is 0.141 e. The SMILES string of the molecule is OC(c1ccccc1)(c1ccc(Cl)cc1)c1ccc(Cl)cc1.OC(c1ccccc1)(c1cccc(Cl)c1)c1cccc(Cl)c1.OC(c1ccccc1)(c1ccccc1)c1ccc(Cl)cc1.OC(c1ccccc1)(c1ccccc1)c1cccc(Cl)c1.OC(c1ccccc1)(c1ccccc1)c1ccccc1Cl.c1ccc(C(c2ccccc2)(c2ccccc2)N2CCCC2)cc1. The van der Waals surface area contributed by atoms with E-state index in [0.717, 1.165) is 79.9 Å². The fourth-order valence-corrected chi connectivity index (χ4v) is 18.2. The van der Waals surface area contributed by atoms with Gasteiger partial charge in [0.2, 0.25) is 0 Å². The van der Waals surface area contributed by atoms with Crippen LogP contribution in [0.15, 0.2) is 504 Å². The zero-order valence-corrected chi connectivity index (χ0v) is 76.9. The van der Waals surface area contributed by atoms with Gasteiger partial charge in [0, 0.05) is 40.7 Å². The molecular weight excluding hydrogens is 1760 g/mol. The van der Waals surface area contributed by atoms with Crippen molar-refractivity contribution in [1.29, 1.82) is 0 Å². The predicted octanol–water partition coefficient (Wildman–Crippen LogP) is 29.5. The third-order valence-corrected chi connectivity index (χ3v) is 25.3. The molecule has 5 N–H and O–H groups in total. The van der Waals surface area contributed by atoms with Crippen LogP contribution in [0.4, 0.5) is 0 Å². The second kappa shape index (κ2) is 45.1. The van der Waals surface area contributed by atoms with E-state index in [1.807, 2.05) is 346 Å². The summed E-state index contributed by atoms with van der Waals surface area (Å²) in [6.07, 6.45) is 2.54. The van der Waals surface area contributed by atoms with E-state index < -0.39 is 28.0 Å². The summed E-state index contributed by atoms with van der Waals surface area (Å²) in [7, 11) is 0. The van der Waals surface area contributed by atoms with E-state index in [4.69, 9.17) is 81.2 Å². The largest absolute Gasteiger partial charge is 0.376 e. The zero-order chi connectivity index (χ0) is 91.5. The van der Waals surface area contributed by atoms with E-state index in [1.54, 1.807) is 66.7 Å². The molecular formula is C118H96Cl7NO5. The van der Waals surface area contributed by atoms with E-state index in [1.165, 1.54) is 29.5 Å². The van der Waals surface area contributed by atoms with E-state index in [0.29, 0.717) is 51.8 Å². The number of hydrogen-bond acceptors (Lipinski definition) is 6. The summed E-state index contributed by atoms with van der Waals surface area (Å²) in [6, 6.07) is 161. The van der Waals surface area contributed by atoms with Gasteiger partial charge < -0.3 is 25.5 Å². The molecule has 19 rings (SSSR count). The highest BCUT2D eigenvalue weighted by Gasteiger charge is 2.44. The highest BCUT2D eigenvalue weighted by molar-refractivity contribution is 6.32. The second-order valence-corrected chi connectivity index (χ2v) is 34.5. The molecule has 0 bridgehead atoms. The Labute approximate surface area is 803 Å². The average Bonchev–Trinajstić information content (AvgIpc) is 1.73. The van der Waals surface area contributed by atoms with Gasteiger partial charge >= 0.3 is 0 Å². The molecule has 0 unspecified atom stereocenters. The molecule has 18 aromatic carbocycles. The molecule has 1 fully saturated rings. The zero-order valence-electron chi connectivity index (χ0n) is 71.6. The van der Waals surface area contributed by atoms with Crippen LogP contribution in [-0.2, 0) is 33.5 Å². The fraction of sp³-hybridized carbons (Fsp3) is 0.0847. The number of likely N-dealkylation sites (tertiary alicyclic amines) is 1. The lowest BCUT2D eigenvalue weighted by molar-refractivity contribution is 0.125. The average molecular weight is 1860 g/mol. The topological polar surface area (TPSA) is 104 Å². The lowest BCUT2D eigenvalue weighted by Gasteiger charge is -2.43. The van der Waals surface area contributed by atoms with E-state index >= 15 is 0 Å². The molecule has 0 aliphatic carbocycles. The maximum atomic E-state index is 11.6. The molecule has 1 aliphatic heterocycles. The van der Waals surface area contributed by atoms with Gasteiger partial charge in [-0.1, -0.05) is 506 Å². The van der Waals surface area contributed by atoms with Gasteiger partial charge in [-0.2, -0.15) is 0 Å². The molecule has 0 saturated carbocycles. The van der Waals surface area contributed by atoms with Crippen molar-refractivity contribution in [2.75, 3.05) is 13.1 Å². The molecule has 13 heteroatoms. The highest BCUT2D eigenvalue weighted by atomic mass is 35.5. The molecule has 652 valence electrons. The number of halogens is 7. The first-order valence-electron chi connectivity index (χ1n) is 43.1. The van der Waals surface area contributed by atoms with Gasteiger partial charge in [0.1, 0.15) is 28.0 Å². The Morgan fingerprint density at radius 3 is 0.557 bits per heavy atom. The summed E-state index contributed by atoms with van der Waals surface area (Å²) in [5.74, 6) is 0. The normalized spacial score (nSPS) is 12.1. The molecule has 0 radical (unpaired) electrons. The molecule has 6 nitrogen and oxygen atoms in total. The monoisotopic (exact) mass is 1850 g/mol. The summed E-state index contributed by atoms with van der Waals surface area (Å²) in [4.78, 5) is 2.66. The van der Waals surface area contributed by atoms with Crippen molar-refractivity contribution in [2.24, 2.45) is 0 Å². The summed E-state index contributed by atoms with van der Waals surface area (Å²) < 4.78 is 0. The van der Waals surface area contributed by atoms with Gasteiger partial charge in [0.25, 0.3) is 0 Å². The quantitative estimate of drug-likeness (QED) is 0.0517. The van der Waals surface area contributed by atoms with Crippen LogP contribution in [0.5, 0.6) is 0 Å². The van der Waals surface area contributed by atoms with Crippen molar-refractivity contribution in [3.05, 3.63) is 639 Å². The van der Waals surface area contributed by atoms with Crippen molar-refractivity contribution < 1.29 is 25.5 Å². The molecule has 0 spiro atoms. The highest BCUT2D eigenvalue weighted by Crippen LogP contribution is 2.47. The van der Waals surface area contributed by atoms with Crippen molar-refractivity contribution in [1.82, 2.24) is 4.90 Å². The van der Waals surface area contributed by atoms with E-state index in [2.05, 4.69) is 95.9 Å². The third kappa shape index (κ3) is 22.0. The molecule has 0 atom stereocenters. The summed E-state index contributed by atoms with van der Waals surface area (Å²) in [5, 5.41) is 61.8. The second-order valence-electron chi connectivity index (χ2n) is 31.5. The first-order chi connectivity index (χ1) is 63.8. The summed E-state index contributed by atoms with van der Waals surface area (Å²) in [5.41, 5.74) is 9.22. The van der Waals surface area contributed by atoms with Gasteiger partial charge in [-0.3, -0.25) is 4.90 Å². The van der Waals surface area contributed by atoms with Gasteiger partial charge in [0.05, 0.1) is 5.54 Å². The minimum Gasteiger partial charge on any atom is -0.376 e. The molecule has 18 aromatic rings. The van der Waals surface area contributed by atoms with E-state index in [9.17, 15) is 25.5 Å². The van der Waals surface area contributed by atoms with Crippen LogP contribution in [0, 0.1) is 0 Å². The number of hydrogen-bond donors (Lipinski definition) is 5. The summed E-state index contributed by atoms with van der Waals surface area (Å²) in [6.45, 7) is 2.28. The van der Waals surface area contributed by atoms with Crippen LogP contribution < -0.4 is 0 Å². The maximum Gasteiger partial charge on any atom is 0.141 e. The number of aliphatic hydroxyl groups is 5. The molecule has 131 heavy (non-hydrogen) atoms. The van der Waals surface area contributed by atoms with Crippen molar-refractivity contribution in [3.8, 4) is 0 Å². The van der Waals surface area contributed by atoms with Gasteiger partial charge in [-0.05, 0) is 199 Å². The first-order valence-corrected chi connectivity index (χ1v) is 45.7. The lowest BCUT2D eigenvalue weighted by Crippen LogP contribution is -2.46. The Balaban J connectivity index is 0.000000127. The molecule has 1 saturated heterocycles. The first kappa shape index (κ1) is 94.9. The Kier molecular flexibility index (Phi) is 32.6. The fourth-order valence-electron chi connectivity index (χ4n) is 17.0. The third-order valence-electron chi connectivity index (χ3n) is 23.5. The minimum atomic E-state index is -1.31. The minimum absolute atomic E-state index is 0.208. The van der Waals surface area contributed by atoms with Crippen LogP contribution in [0.2, 0.25) is 35.2 Å². The van der Waals surface area contributed by atoms with Crippen molar-refractivity contribution >= 4 is 81.2 Å². The van der Waals surface area contributed by atoms with Crippen molar-refractivity contribution in [3.63, 3.8) is 0 Å². The molecule has 1 aliphatic rings. The molecule has 0 amide bonds. The number of rotatable bonds is 19. The van der Waals surface area contributed by atoms with Gasteiger partial charge in [-0.25, -0.2) is 0 Å².